The summed E-state index contributed by atoms with van der Waals surface area (Å²) in [7, 11) is 0. The van der Waals surface area contributed by atoms with Crippen molar-refractivity contribution in [1.82, 2.24) is 0 Å². The van der Waals surface area contributed by atoms with Gasteiger partial charge in [-0.25, -0.2) is 0 Å². The summed E-state index contributed by atoms with van der Waals surface area (Å²) in [6.45, 7) is 5.00. The second-order valence-electron chi connectivity index (χ2n) is 3.59. The van der Waals surface area contributed by atoms with Gasteiger partial charge in [-0.05, 0) is 19.3 Å². The number of nitrogens with zero attached hydrogens (tertiary/aromatic N) is 1. The Morgan fingerprint density at radius 3 is 2.56 bits per heavy atom. The van der Waals surface area contributed by atoms with Gasteiger partial charge in [0.1, 0.15) is 5.71 Å². The van der Waals surface area contributed by atoms with Crippen LogP contribution in [0.4, 0.5) is 0 Å². The number of hydrogen-bond donors (Lipinski definition) is 0. The van der Waals surface area contributed by atoms with E-state index in [0.29, 0.717) is 0 Å². The highest BCUT2D eigenvalue weighted by Crippen LogP contribution is 2.01. The molecule has 0 aromatic heterocycles. The molecule has 0 saturated heterocycles. The van der Waals surface area contributed by atoms with Crippen LogP contribution in [0, 0.1) is 11.8 Å². The van der Waals surface area contributed by atoms with Gasteiger partial charge in [0.25, 0.3) is 0 Å². The van der Waals surface area contributed by atoms with Crippen LogP contribution in [0.5, 0.6) is 0 Å². The maximum absolute atomic E-state index is 4.44. The first kappa shape index (κ1) is 12.5. The predicted octanol–water partition coefficient (Wildman–Crippen LogP) is 3.69. The molecule has 84 valence electrons. The van der Waals surface area contributed by atoms with Crippen molar-refractivity contribution in [1.29, 1.82) is 0 Å². The quantitative estimate of drug-likeness (QED) is 0.411. The fourth-order valence-corrected chi connectivity index (χ4v) is 1.37. The molecule has 0 aliphatic rings. The van der Waals surface area contributed by atoms with Crippen LogP contribution in [0.1, 0.15) is 38.7 Å². The Hall–Kier alpha value is -1.55. The van der Waals surface area contributed by atoms with Crippen molar-refractivity contribution in [2.75, 3.05) is 6.54 Å². The third kappa shape index (κ3) is 4.31. The molecule has 1 aromatic carbocycles. The van der Waals surface area contributed by atoms with Gasteiger partial charge in [-0.1, -0.05) is 49.6 Å². The van der Waals surface area contributed by atoms with Crippen molar-refractivity contribution >= 4 is 5.71 Å². The lowest BCUT2D eigenvalue weighted by Gasteiger charge is -1.98. The molecule has 1 nitrogen and oxygen atoms in total. The van der Waals surface area contributed by atoms with Crippen LogP contribution in [0.3, 0.4) is 0 Å². The Labute approximate surface area is 98.6 Å². The molecule has 0 atom stereocenters. The first-order chi connectivity index (χ1) is 7.88. The Balaban J connectivity index is 2.76. The van der Waals surface area contributed by atoms with Crippen molar-refractivity contribution in [3.05, 3.63) is 35.9 Å². The average molecular weight is 213 g/mol. The number of hydrogen-bond acceptors (Lipinski definition) is 1. The van der Waals surface area contributed by atoms with E-state index in [1.807, 2.05) is 25.1 Å². The minimum absolute atomic E-state index is 0.784. The monoisotopic (exact) mass is 213 g/mol. The molecule has 0 heterocycles. The molecule has 0 aliphatic heterocycles. The summed E-state index contributed by atoms with van der Waals surface area (Å²) < 4.78 is 0. The molecule has 16 heavy (non-hydrogen) atoms. The number of aliphatic imine (C=N–C) groups is 1. The molecule has 0 unspecified atom stereocenters. The Morgan fingerprint density at radius 1 is 1.19 bits per heavy atom. The van der Waals surface area contributed by atoms with Gasteiger partial charge in [0.15, 0.2) is 0 Å². The first-order valence-electron chi connectivity index (χ1n) is 5.97. The fourth-order valence-electron chi connectivity index (χ4n) is 1.37. The Kier molecular flexibility index (Phi) is 6.03. The normalized spacial score (nSPS) is 10.8. The number of benzene rings is 1. The molecule has 0 fully saturated rings. The van der Waals surface area contributed by atoms with Crippen LogP contribution in [0.15, 0.2) is 35.3 Å². The summed E-state index contributed by atoms with van der Waals surface area (Å²) >= 11 is 0. The zero-order chi connectivity index (χ0) is 11.6. The molecule has 1 heteroatoms. The molecular formula is C15H19N. The predicted molar refractivity (Wildman–Crippen MR) is 70.8 cm³/mol. The smallest absolute Gasteiger partial charge is 0.114 e. The molecule has 0 amide bonds. The second-order valence-corrected chi connectivity index (χ2v) is 3.59. The topological polar surface area (TPSA) is 12.4 Å². The third-order valence-electron chi connectivity index (χ3n) is 2.23. The SMILES string of the molecule is CCCCC#CC(=NCC)c1ccccc1. The van der Waals surface area contributed by atoms with Crippen LogP contribution >= 0.6 is 0 Å². The number of unbranched alkanes of at least 4 members (excludes halogenated alkanes) is 2. The Morgan fingerprint density at radius 2 is 1.94 bits per heavy atom. The molecule has 1 aromatic rings. The summed E-state index contributed by atoms with van der Waals surface area (Å²) in [6, 6.07) is 10.2. The first-order valence-corrected chi connectivity index (χ1v) is 5.97. The molecule has 0 saturated carbocycles. The lowest BCUT2D eigenvalue weighted by Crippen LogP contribution is -1.97. The van der Waals surface area contributed by atoms with Crippen LogP contribution in [0.25, 0.3) is 0 Å². The average Bonchev–Trinajstić information content (AvgIpc) is 2.34. The van der Waals surface area contributed by atoms with Gasteiger partial charge in [0, 0.05) is 18.5 Å². The Bertz CT molecular complexity index is 379. The van der Waals surface area contributed by atoms with E-state index in [4.69, 9.17) is 0 Å². The third-order valence-corrected chi connectivity index (χ3v) is 2.23. The van der Waals surface area contributed by atoms with Crippen molar-refractivity contribution in [3.63, 3.8) is 0 Å². The molecular weight excluding hydrogens is 194 g/mol. The van der Waals surface area contributed by atoms with Gasteiger partial charge in [0.2, 0.25) is 0 Å². The molecule has 0 N–H and O–H groups in total. The lowest BCUT2D eigenvalue weighted by atomic mass is 10.1. The van der Waals surface area contributed by atoms with E-state index in [-0.39, 0.29) is 0 Å². The fraction of sp³-hybridized carbons (Fsp3) is 0.400. The van der Waals surface area contributed by atoms with E-state index in [9.17, 15) is 0 Å². The molecule has 0 radical (unpaired) electrons. The zero-order valence-electron chi connectivity index (χ0n) is 10.2. The molecule has 0 aliphatic carbocycles. The molecule has 0 bridgehead atoms. The van der Waals surface area contributed by atoms with Crippen LogP contribution in [0.2, 0.25) is 0 Å². The summed E-state index contributed by atoms with van der Waals surface area (Å²) in [6.07, 6.45) is 3.33. The van der Waals surface area contributed by atoms with Crippen LogP contribution in [-0.4, -0.2) is 12.3 Å². The molecule has 0 spiro atoms. The van der Waals surface area contributed by atoms with Gasteiger partial charge < -0.3 is 0 Å². The minimum atomic E-state index is 0.784. The molecule has 1 rings (SSSR count). The van der Waals surface area contributed by atoms with E-state index >= 15 is 0 Å². The van der Waals surface area contributed by atoms with Crippen molar-refractivity contribution in [3.8, 4) is 11.8 Å². The highest BCUT2D eigenvalue weighted by Gasteiger charge is 1.96. The van der Waals surface area contributed by atoms with E-state index in [0.717, 1.165) is 24.2 Å². The van der Waals surface area contributed by atoms with Crippen molar-refractivity contribution in [2.45, 2.75) is 33.1 Å². The van der Waals surface area contributed by atoms with Gasteiger partial charge in [-0.3, -0.25) is 4.99 Å². The second kappa shape index (κ2) is 7.70. The van der Waals surface area contributed by atoms with Crippen molar-refractivity contribution < 1.29 is 0 Å². The van der Waals surface area contributed by atoms with Crippen LogP contribution < -0.4 is 0 Å². The lowest BCUT2D eigenvalue weighted by molar-refractivity contribution is 0.828. The van der Waals surface area contributed by atoms with Gasteiger partial charge in [0.05, 0.1) is 0 Å². The van der Waals surface area contributed by atoms with Gasteiger partial charge in [-0.15, -0.1) is 0 Å². The summed E-state index contributed by atoms with van der Waals surface area (Å²) in [5.41, 5.74) is 2.03. The van der Waals surface area contributed by atoms with E-state index in [2.05, 4.69) is 35.9 Å². The maximum Gasteiger partial charge on any atom is 0.114 e. The largest absolute Gasteiger partial charge is 0.276 e. The minimum Gasteiger partial charge on any atom is -0.276 e. The highest BCUT2D eigenvalue weighted by atomic mass is 14.7. The highest BCUT2D eigenvalue weighted by molar-refractivity contribution is 6.12. The summed E-state index contributed by atoms with van der Waals surface area (Å²) in [5, 5.41) is 0. The number of rotatable bonds is 4. The van der Waals surface area contributed by atoms with Crippen molar-refractivity contribution in [2.24, 2.45) is 4.99 Å². The maximum atomic E-state index is 4.44. The summed E-state index contributed by atoms with van der Waals surface area (Å²) in [4.78, 5) is 4.44. The van der Waals surface area contributed by atoms with E-state index in [1.165, 1.54) is 12.8 Å². The van der Waals surface area contributed by atoms with Gasteiger partial charge >= 0.3 is 0 Å². The zero-order valence-corrected chi connectivity index (χ0v) is 10.2. The van der Waals surface area contributed by atoms with E-state index in [1.54, 1.807) is 0 Å². The standard InChI is InChI=1S/C15H19N/c1-3-5-6-10-13-15(16-4-2)14-11-8-7-9-12-14/h7-9,11-12H,3-6H2,1-2H3. The summed E-state index contributed by atoms with van der Waals surface area (Å²) in [5.74, 6) is 6.36. The van der Waals surface area contributed by atoms with Gasteiger partial charge in [-0.2, -0.15) is 0 Å². The van der Waals surface area contributed by atoms with E-state index < -0.39 is 0 Å². The van der Waals surface area contributed by atoms with Crippen LogP contribution in [-0.2, 0) is 0 Å².